The summed E-state index contributed by atoms with van der Waals surface area (Å²) in [4.78, 5) is 28.4. The molecule has 1 aromatic heterocycles. The van der Waals surface area contributed by atoms with E-state index in [2.05, 4.69) is 44.8 Å². The lowest BCUT2D eigenvalue weighted by Crippen LogP contribution is -2.34. The van der Waals surface area contributed by atoms with Gasteiger partial charge in [0.2, 0.25) is 11.8 Å². The third-order valence-electron chi connectivity index (χ3n) is 9.22. The van der Waals surface area contributed by atoms with Gasteiger partial charge in [-0.05, 0) is 72.1 Å². The average molecular weight is 862 g/mol. The first-order valence-electron chi connectivity index (χ1n) is 20.7. The summed E-state index contributed by atoms with van der Waals surface area (Å²) in [5.41, 5.74) is 6.17. The van der Waals surface area contributed by atoms with Crippen LogP contribution in [-0.2, 0) is 16.1 Å². The molecule has 0 radical (unpaired) electrons. The van der Waals surface area contributed by atoms with Crippen LogP contribution in [0.2, 0.25) is 0 Å². The van der Waals surface area contributed by atoms with Gasteiger partial charge in [0, 0.05) is 100 Å². The number of rotatable bonds is 31. The lowest BCUT2D eigenvalue weighted by atomic mass is 10.1. The predicted molar refractivity (Wildman–Crippen MR) is 251 cm³/mol. The van der Waals surface area contributed by atoms with Crippen LogP contribution in [0.4, 0.5) is 11.4 Å². The van der Waals surface area contributed by atoms with Crippen molar-refractivity contribution >= 4 is 63.0 Å². The number of nitrogens with one attached hydrogen (secondary N) is 3. The molecule has 3 aromatic rings. The minimum atomic E-state index is 0.0342. The fourth-order valence-electron chi connectivity index (χ4n) is 5.95. The minimum Gasteiger partial charge on any atom is -0.395 e. The van der Waals surface area contributed by atoms with Gasteiger partial charge in [-0.3, -0.25) is 9.59 Å². The standard InChI is InChI=1S/C46H64N6O6S2/c1-2-39(7-8-40-11-15-43(16-12-40)51(29-33-53)30-34-54)19-23-47-22-3-5-45(57)48-24-37-59-60-38-25-49-46(58)6-4-26-50-27-20-42(21-28-50)10-9-41-13-17-44(18-14-41)52(31-35-55)32-36-56/h2,7-21,23,27-28,47,53-56H,3-6,22,24-26,29-38H2,1H3,(H-,48,49,57,58)/p+1/b8-7+,23-19-,39-2-. The van der Waals surface area contributed by atoms with Crippen molar-refractivity contribution in [3.05, 3.63) is 120 Å². The van der Waals surface area contributed by atoms with Gasteiger partial charge in [-0.25, -0.2) is 4.57 Å². The van der Waals surface area contributed by atoms with E-state index < -0.39 is 0 Å². The monoisotopic (exact) mass is 861 g/mol. The number of aliphatic hydroxyl groups is 4. The van der Waals surface area contributed by atoms with Gasteiger partial charge in [0.1, 0.15) is 6.54 Å². The molecule has 0 bridgehead atoms. The van der Waals surface area contributed by atoms with Crippen molar-refractivity contribution in [2.24, 2.45) is 0 Å². The molecule has 2 amide bonds. The second-order valence-corrected chi connectivity index (χ2v) is 16.4. The maximum absolute atomic E-state index is 12.3. The van der Waals surface area contributed by atoms with Crippen LogP contribution in [0.15, 0.2) is 103 Å². The first kappa shape index (κ1) is 49.8. The van der Waals surface area contributed by atoms with Crippen LogP contribution in [0.25, 0.3) is 18.2 Å². The Bertz CT molecular complexity index is 1740. The maximum Gasteiger partial charge on any atom is 0.220 e. The van der Waals surface area contributed by atoms with E-state index in [1.54, 1.807) is 21.6 Å². The molecule has 2 aromatic carbocycles. The number of carbonyl (C=O) groups is 2. The Labute approximate surface area is 364 Å². The highest BCUT2D eigenvalue weighted by atomic mass is 33.1. The number of aryl methyl sites for hydroxylation is 1. The van der Waals surface area contributed by atoms with E-state index in [1.807, 2.05) is 108 Å². The topological polar surface area (TPSA) is 162 Å². The largest absolute Gasteiger partial charge is 0.395 e. The Morgan fingerprint density at radius 2 is 1.08 bits per heavy atom. The van der Waals surface area contributed by atoms with Crippen LogP contribution in [0.1, 0.15) is 49.3 Å². The first-order valence-corrected chi connectivity index (χ1v) is 23.2. The van der Waals surface area contributed by atoms with E-state index in [1.165, 1.54) is 0 Å². The van der Waals surface area contributed by atoms with Crippen LogP contribution < -0.4 is 30.3 Å². The Hall–Kier alpha value is -4.57. The summed E-state index contributed by atoms with van der Waals surface area (Å²) >= 11 is 0. The van der Waals surface area contributed by atoms with Crippen LogP contribution in [0.5, 0.6) is 0 Å². The Balaban J connectivity index is 1.16. The minimum absolute atomic E-state index is 0.0342. The third kappa shape index (κ3) is 21.1. The molecule has 0 unspecified atom stereocenters. The zero-order chi connectivity index (χ0) is 43.0. The van der Waals surface area contributed by atoms with Crippen molar-refractivity contribution in [3.63, 3.8) is 0 Å². The molecular formula is C46H65N6O6S2+. The zero-order valence-electron chi connectivity index (χ0n) is 35.0. The number of aliphatic hydroxyl groups excluding tert-OH is 4. The van der Waals surface area contributed by atoms with Crippen LogP contribution >= 0.6 is 21.6 Å². The summed E-state index contributed by atoms with van der Waals surface area (Å²) in [6.07, 6.45) is 20.6. The molecule has 3 rings (SSSR count). The van der Waals surface area contributed by atoms with E-state index >= 15 is 0 Å². The molecule has 0 aliphatic heterocycles. The van der Waals surface area contributed by atoms with E-state index in [9.17, 15) is 30.0 Å². The summed E-state index contributed by atoms with van der Waals surface area (Å²) in [5.74, 6) is 1.71. The molecule has 0 saturated carbocycles. The number of aromatic nitrogens is 1. The Morgan fingerprint density at radius 1 is 0.617 bits per heavy atom. The number of allylic oxidation sites excluding steroid dienone is 4. The van der Waals surface area contributed by atoms with E-state index in [0.717, 1.165) is 64.5 Å². The number of nitrogens with zero attached hydrogens (tertiary/aromatic N) is 3. The summed E-state index contributed by atoms with van der Waals surface area (Å²) in [7, 11) is 3.38. The Kier molecular flexibility index (Phi) is 26.0. The maximum atomic E-state index is 12.3. The molecule has 1 heterocycles. The number of anilines is 2. The van der Waals surface area contributed by atoms with E-state index in [0.29, 0.717) is 58.7 Å². The fourth-order valence-corrected chi connectivity index (χ4v) is 7.76. The molecule has 0 fully saturated rings. The zero-order valence-corrected chi connectivity index (χ0v) is 36.6. The molecule has 0 aliphatic carbocycles. The molecule has 0 saturated heterocycles. The first-order chi connectivity index (χ1) is 29.4. The number of amides is 2. The second-order valence-electron chi connectivity index (χ2n) is 13.7. The number of carbonyl (C=O) groups excluding carboxylic acids is 2. The van der Waals surface area contributed by atoms with Crippen molar-refractivity contribution in [1.29, 1.82) is 0 Å². The number of benzene rings is 2. The molecule has 0 atom stereocenters. The predicted octanol–water partition coefficient (Wildman–Crippen LogP) is 4.66. The van der Waals surface area contributed by atoms with Crippen molar-refractivity contribution in [2.45, 2.75) is 39.2 Å². The summed E-state index contributed by atoms with van der Waals surface area (Å²) < 4.78 is 2.08. The lowest BCUT2D eigenvalue weighted by molar-refractivity contribution is -0.697. The summed E-state index contributed by atoms with van der Waals surface area (Å²) in [5, 5.41) is 46.3. The van der Waals surface area contributed by atoms with Gasteiger partial charge in [0.05, 0.1) is 26.4 Å². The van der Waals surface area contributed by atoms with Crippen LogP contribution in [-0.4, -0.2) is 116 Å². The molecule has 0 aliphatic rings. The van der Waals surface area contributed by atoms with E-state index in [-0.39, 0.29) is 38.2 Å². The summed E-state index contributed by atoms with van der Waals surface area (Å²) in [6, 6.07) is 20.1. The highest BCUT2D eigenvalue weighted by molar-refractivity contribution is 8.76. The van der Waals surface area contributed by atoms with Gasteiger partial charge in [0.25, 0.3) is 0 Å². The van der Waals surface area contributed by atoms with Crippen LogP contribution in [0, 0.1) is 0 Å². The van der Waals surface area contributed by atoms with Gasteiger partial charge in [0.15, 0.2) is 12.4 Å². The van der Waals surface area contributed by atoms with Crippen molar-refractivity contribution in [2.75, 3.05) is 93.5 Å². The Morgan fingerprint density at radius 3 is 1.57 bits per heavy atom. The quantitative estimate of drug-likeness (QED) is 0.0209. The highest BCUT2D eigenvalue weighted by Crippen LogP contribution is 2.20. The lowest BCUT2D eigenvalue weighted by Gasteiger charge is -2.22. The summed E-state index contributed by atoms with van der Waals surface area (Å²) in [6.45, 7) is 6.73. The number of hydrogen-bond donors (Lipinski definition) is 7. The van der Waals surface area contributed by atoms with Gasteiger partial charge >= 0.3 is 0 Å². The number of pyridine rings is 1. The van der Waals surface area contributed by atoms with Crippen LogP contribution in [0.3, 0.4) is 0 Å². The number of hydrogen-bond acceptors (Lipinski definition) is 11. The van der Waals surface area contributed by atoms with Crippen molar-refractivity contribution in [3.8, 4) is 0 Å². The van der Waals surface area contributed by atoms with Gasteiger partial charge in [-0.1, -0.05) is 76.2 Å². The highest BCUT2D eigenvalue weighted by Gasteiger charge is 2.08. The van der Waals surface area contributed by atoms with Gasteiger partial charge in [-0.15, -0.1) is 0 Å². The molecule has 7 N–H and O–H groups in total. The molecule has 60 heavy (non-hydrogen) atoms. The van der Waals surface area contributed by atoms with Gasteiger partial charge < -0.3 is 46.2 Å². The molecule has 12 nitrogen and oxygen atoms in total. The molecular weight excluding hydrogens is 797 g/mol. The van der Waals surface area contributed by atoms with Crippen molar-refractivity contribution < 1.29 is 34.6 Å². The normalized spacial score (nSPS) is 11.8. The van der Waals surface area contributed by atoms with Gasteiger partial charge in [-0.2, -0.15) is 0 Å². The van der Waals surface area contributed by atoms with Crippen molar-refractivity contribution in [1.82, 2.24) is 16.0 Å². The molecule has 0 spiro atoms. The average Bonchev–Trinajstić information content (AvgIpc) is 3.26. The second kappa shape index (κ2) is 31.3. The molecule has 14 heteroatoms. The fraction of sp³-hybridized carbons (Fsp3) is 0.413. The molecule has 326 valence electrons. The van der Waals surface area contributed by atoms with E-state index in [4.69, 9.17) is 0 Å². The smallest absolute Gasteiger partial charge is 0.220 e. The SMILES string of the molecule is C/C=C(\C=C/NCCCC(=O)NCCSSCCNC(=O)CCC[n+]1ccc(/C=C/c2ccc(N(CCO)CCO)cc2)cc1)/C=C/c1ccc(N(CCO)CCO)cc1. The third-order valence-corrected chi connectivity index (χ3v) is 11.6.